The molecule has 0 bridgehead atoms. The fourth-order valence-corrected chi connectivity index (χ4v) is 1.10. The van der Waals surface area contributed by atoms with Crippen LogP contribution in [0.3, 0.4) is 0 Å². The van der Waals surface area contributed by atoms with Crippen molar-refractivity contribution in [3.63, 3.8) is 0 Å². The maximum Gasteiger partial charge on any atom is 0.166 e. The summed E-state index contributed by atoms with van der Waals surface area (Å²) in [5, 5.41) is 8.58. The molecule has 0 aliphatic rings. The maximum atomic E-state index is 13.4. The first-order valence-corrected chi connectivity index (χ1v) is 5.25. The Balaban J connectivity index is 2.64. The van der Waals surface area contributed by atoms with Crippen LogP contribution < -0.4 is 4.74 Å². The number of nitriles is 1. The number of nitrogens with zero attached hydrogens (tertiary/aromatic N) is 1. The Morgan fingerprint density at radius 3 is 2.59 bits per heavy atom. The van der Waals surface area contributed by atoms with E-state index in [1.807, 2.05) is 26.8 Å². The van der Waals surface area contributed by atoms with Crippen LogP contribution >= 0.6 is 0 Å². The Kier molecular flexibility index (Phi) is 4.12. The van der Waals surface area contributed by atoms with Gasteiger partial charge in [0.05, 0.1) is 11.6 Å². The van der Waals surface area contributed by atoms with Gasteiger partial charge >= 0.3 is 0 Å². The lowest BCUT2D eigenvalue weighted by atomic mass is 9.98. The van der Waals surface area contributed by atoms with E-state index in [1.165, 1.54) is 12.1 Å². The van der Waals surface area contributed by atoms with E-state index in [0.717, 1.165) is 6.07 Å². The summed E-state index contributed by atoms with van der Waals surface area (Å²) in [7, 11) is 0. The lowest BCUT2D eigenvalue weighted by Gasteiger charge is -2.07. The molecule has 0 saturated carbocycles. The van der Waals surface area contributed by atoms with Gasteiger partial charge in [0.2, 0.25) is 0 Å². The topological polar surface area (TPSA) is 33.0 Å². The quantitative estimate of drug-likeness (QED) is 0.732. The largest absolute Gasteiger partial charge is 0.478 e. The van der Waals surface area contributed by atoms with Gasteiger partial charge in [0, 0.05) is 5.41 Å². The third-order valence-electron chi connectivity index (χ3n) is 1.82. The monoisotopic (exact) mass is 231 g/mol. The molecular formula is C14H14FNO. The zero-order chi connectivity index (χ0) is 12.9. The first-order chi connectivity index (χ1) is 7.92. The molecule has 0 aliphatic carbocycles. The molecular weight excluding hydrogens is 217 g/mol. The summed E-state index contributed by atoms with van der Waals surface area (Å²) in [6, 6.07) is 5.95. The molecule has 0 amide bonds. The van der Waals surface area contributed by atoms with Crippen molar-refractivity contribution in [1.29, 1.82) is 5.26 Å². The average molecular weight is 231 g/mol. The van der Waals surface area contributed by atoms with Crippen molar-refractivity contribution >= 4 is 0 Å². The van der Waals surface area contributed by atoms with Crippen LogP contribution in [-0.4, -0.2) is 6.61 Å². The average Bonchev–Trinajstić information content (AvgIpc) is 2.24. The van der Waals surface area contributed by atoms with E-state index in [0.29, 0.717) is 0 Å². The standard InChI is InChI=1S/C14H14FNO/c1-14(2,3)7-4-8-17-13-6-5-11(10-16)9-12(13)15/h5-6,9H,8H2,1-3H3. The fraction of sp³-hybridized carbons (Fsp3) is 0.357. The molecule has 0 spiro atoms. The Hall–Kier alpha value is -2.00. The van der Waals surface area contributed by atoms with Crippen LogP contribution in [0.25, 0.3) is 0 Å². The Labute approximate surface area is 101 Å². The second-order valence-corrected chi connectivity index (χ2v) is 4.60. The molecule has 1 aromatic rings. The van der Waals surface area contributed by atoms with Crippen molar-refractivity contribution in [2.45, 2.75) is 20.8 Å². The summed E-state index contributed by atoms with van der Waals surface area (Å²) in [6.07, 6.45) is 0. The summed E-state index contributed by atoms with van der Waals surface area (Å²) in [4.78, 5) is 0. The van der Waals surface area contributed by atoms with Crippen LogP contribution in [-0.2, 0) is 0 Å². The maximum absolute atomic E-state index is 13.4. The molecule has 0 radical (unpaired) electrons. The lowest BCUT2D eigenvalue weighted by molar-refractivity contribution is 0.347. The van der Waals surface area contributed by atoms with E-state index >= 15 is 0 Å². The fourth-order valence-electron chi connectivity index (χ4n) is 1.10. The number of hydrogen-bond acceptors (Lipinski definition) is 2. The van der Waals surface area contributed by atoms with E-state index in [1.54, 1.807) is 0 Å². The molecule has 0 unspecified atom stereocenters. The summed E-state index contributed by atoms with van der Waals surface area (Å²) >= 11 is 0. The molecule has 0 atom stereocenters. The SMILES string of the molecule is CC(C)(C)C#CCOc1ccc(C#N)cc1F. The third kappa shape index (κ3) is 4.57. The first-order valence-electron chi connectivity index (χ1n) is 5.25. The van der Waals surface area contributed by atoms with Gasteiger partial charge in [-0.05, 0) is 39.0 Å². The summed E-state index contributed by atoms with van der Waals surface area (Å²) in [5.41, 5.74) is 0.183. The molecule has 0 saturated heterocycles. The molecule has 0 aromatic heterocycles. The summed E-state index contributed by atoms with van der Waals surface area (Å²) < 4.78 is 18.5. The minimum Gasteiger partial charge on any atom is -0.478 e. The van der Waals surface area contributed by atoms with Crippen LogP contribution in [0.2, 0.25) is 0 Å². The molecule has 0 heterocycles. The second kappa shape index (κ2) is 5.37. The first kappa shape index (κ1) is 13.1. The molecule has 3 heteroatoms. The lowest BCUT2D eigenvalue weighted by Crippen LogP contribution is -2.02. The van der Waals surface area contributed by atoms with Gasteiger partial charge in [-0.15, -0.1) is 0 Å². The van der Waals surface area contributed by atoms with Crippen molar-refractivity contribution in [2.75, 3.05) is 6.61 Å². The minimum absolute atomic E-state index is 0.0907. The van der Waals surface area contributed by atoms with Gasteiger partial charge in [0.15, 0.2) is 11.6 Å². The van der Waals surface area contributed by atoms with Gasteiger partial charge in [0.1, 0.15) is 6.61 Å². The van der Waals surface area contributed by atoms with Gasteiger partial charge in [-0.1, -0.05) is 11.8 Å². The van der Waals surface area contributed by atoms with Crippen LogP contribution in [0, 0.1) is 34.4 Å². The van der Waals surface area contributed by atoms with E-state index < -0.39 is 5.82 Å². The Morgan fingerprint density at radius 1 is 1.35 bits per heavy atom. The highest BCUT2D eigenvalue weighted by molar-refractivity contribution is 5.36. The van der Waals surface area contributed by atoms with Gasteiger partial charge in [-0.25, -0.2) is 4.39 Å². The van der Waals surface area contributed by atoms with Gasteiger partial charge in [-0.2, -0.15) is 5.26 Å². The van der Waals surface area contributed by atoms with Crippen molar-refractivity contribution in [1.82, 2.24) is 0 Å². The molecule has 88 valence electrons. The molecule has 17 heavy (non-hydrogen) atoms. The van der Waals surface area contributed by atoms with Gasteiger partial charge < -0.3 is 4.74 Å². The molecule has 0 aliphatic heterocycles. The van der Waals surface area contributed by atoms with E-state index in [4.69, 9.17) is 10.00 Å². The zero-order valence-corrected chi connectivity index (χ0v) is 10.2. The summed E-state index contributed by atoms with van der Waals surface area (Å²) in [5.74, 6) is 5.39. The number of hydrogen-bond donors (Lipinski definition) is 0. The van der Waals surface area contributed by atoms with Crippen LogP contribution in [0.5, 0.6) is 5.75 Å². The molecule has 0 N–H and O–H groups in total. The summed E-state index contributed by atoms with van der Waals surface area (Å²) in [6.45, 7) is 6.10. The third-order valence-corrected chi connectivity index (χ3v) is 1.82. The van der Waals surface area contributed by atoms with E-state index in [9.17, 15) is 4.39 Å². The van der Waals surface area contributed by atoms with Crippen molar-refractivity contribution in [3.05, 3.63) is 29.6 Å². The van der Waals surface area contributed by atoms with E-state index in [-0.39, 0.29) is 23.3 Å². The van der Waals surface area contributed by atoms with Crippen molar-refractivity contribution in [3.8, 4) is 23.7 Å². The molecule has 2 nitrogen and oxygen atoms in total. The number of rotatable bonds is 2. The normalized spacial score (nSPS) is 10.1. The highest BCUT2D eigenvalue weighted by Gasteiger charge is 2.05. The molecule has 0 fully saturated rings. The second-order valence-electron chi connectivity index (χ2n) is 4.60. The molecule has 1 aromatic carbocycles. The van der Waals surface area contributed by atoms with Gasteiger partial charge in [0.25, 0.3) is 0 Å². The highest BCUT2D eigenvalue weighted by atomic mass is 19.1. The predicted octanol–water partition coefficient (Wildman–Crippen LogP) is 3.13. The highest BCUT2D eigenvalue weighted by Crippen LogP contribution is 2.17. The number of benzene rings is 1. The van der Waals surface area contributed by atoms with E-state index in [2.05, 4.69) is 11.8 Å². The van der Waals surface area contributed by atoms with Crippen LogP contribution in [0.4, 0.5) is 4.39 Å². The smallest absolute Gasteiger partial charge is 0.166 e. The van der Waals surface area contributed by atoms with Crippen LogP contribution in [0.1, 0.15) is 26.3 Å². The molecule has 1 rings (SSSR count). The number of ether oxygens (including phenoxy) is 1. The predicted molar refractivity (Wildman–Crippen MR) is 63.8 cm³/mol. The number of halogens is 1. The van der Waals surface area contributed by atoms with Crippen LogP contribution in [0.15, 0.2) is 18.2 Å². The Morgan fingerprint density at radius 2 is 2.06 bits per heavy atom. The van der Waals surface area contributed by atoms with Crippen molar-refractivity contribution in [2.24, 2.45) is 5.41 Å². The van der Waals surface area contributed by atoms with Crippen molar-refractivity contribution < 1.29 is 9.13 Å². The Bertz CT molecular complexity index is 498. The zero-order valence-electron chi connectivity index (χ0n) is 10.2. The minimum atomic E-state index is -0.540. The van der Waals surface area contributed by atoms with Gasteiger partial charge in [-0.3, -0.25) is 0 Å².